The summed E-state index contributed by atoms with van der Waals surface area (Å²) < 4.78 is 25.7. The van der Waals surface area contributed by atoms with E-state index in [0.29, 0.717) is 6.54 Å². The van der Waals surface area contributed by atoms with Crippen molar-refractivity contribution in [2.45, 2.75) is 25.1 Å². The summed E-state index contributed by atoms with van der Waals surface area (Å²) in [5.41, 5.74) is 5.31. The topological polar surface area (TPSA) is 75.4 Å². The average Bonchev–Trinajstić information content (AvgIpc) is 1.99. The Hall–Kier alpha value is -0.170. The summed E-state index contributed by atoms with van der Waals surface area (Å²) in [6.07, 6.45) is 0. The molecule has 14 heavy (non-hydrogen) atoms. The first-order chi connectivity index (χ1) is 6.29. The number of hydrogen-bond donors (Lipinski definition) is 2. The van der Waals surface area contributed by atoms with Crippen LogP contribution in [-0.4, -0.2) is 51.8 Å². The molecule has 0 aliphatic heterocycles. The first kappa shape index (κ1) is 13.8. The highest BCUT2D eigenvalue weighted by Gasteiger charge is 2.21. The molecule has 86 valence electrons. The fourth-order valence-electron chi connectivity index (χ4n) is 1.11. The molecule has 0 fully saturated rings. The Labute approximate surface area is 86.7 Å². The summed E-state index contributed by atoms with van der Waals surface area (Å²) in [6, 6.07) is -0.0935. The Balaban J connectivity index is 4.23. The van der Waals surface area contributed by atoms with E-state index in [1.165, 1.54) is 0 Å². The normalized spacial score (nSPS) is 17.0. The fourth-order valence-corrected chi connectivity index (χ4v) is 2.23. The van der Waals surface area contributed by atoms with Gasteiger partial charge in [-0.25, -0.2) is 13.1 Å². The SMILES string of the molecule is CC(CN(C)C)NS(=O)(=O)C(C)CN. The zero-order valence-electron chi connectivity index (χ0n) is 9.32. The Morgan fingerprint density at radius 3 is 2.21 bits per heavy atom. The lowest BCUT2D eigenvalue weighted by Gasteiger charge is -2.20. The van der Waals surface area contributed by atoms with Gasteiger partial charge in [0, 0.05) is 19.1 Å². The van der Waals surface area contributed by atoms with Gasteiger partial charge in [-0.05, 0) is 27.9 Å². The molecule has 3 N–H and O–H groups in total. The van der Waals surface area contributed by atoms with Gasteiger partial charge in [0.15, 0.2) is 0 Å². The van der Waals surface area contributed by atoms with Gasteiger partial charge in [-0.2, -0.15) is 0 Å². The van der Waals surface area contributed by atoms with Crippen molar-refractivity contribution < 1.29 is 8.42 Å². The molecule has 0 rings (SSSR count). The van der Waals surface area contributed by atoms with Crippen molar-refractivity contribution in [2.24, 2.45) is 5.73 Å². The van der Waals surface area contributed by atoms with E-state index in [1.807, 2.05) is 25.9 Å². The molecule has 0 aromatic carbocycles. The zero-order valence-corrected chi connectivity index (χ0v) is 10.1. The first-order valence-electron chi connectivity index (χ1n) is 4.65. The van der Waals surface area contributed by atoms with E-state index in [-0.39, 0.29) is 12.6 Å². The van der Waals surface area contributed by atoms with Crippen LogP contribution in [0.1, 0.15) is 13.8 Å². The lowest BCUT2D eigenvalue weighted by atomic mass is 10.3. The monoisotopic (exact) mass is 223 g/mol. The largest absolute Gasteiger partial charge is 0.329 e. The Morgan fingerprint density at radius 1 is 1.36 bits per heavy atom. The molecule has 0 aromatic heterocycles. The van der Waals surface area contributed by atoms with E-state index in [9.17, 15) is 8.42 Å². The van der Waals surface area contributed by atoms with Crippen LogP contribution in [0.5, 0.6) is 0 Å². The van der Waals surface area contributed by atoms with E-state index in [2.05, 4.69) is 4.72 Å². The van der Waals surface area contributed by atoms with Gasteiger partial charge in [-0.1, -0.05) is 0 Å². The van der Waals surface area contributed by atoms with Crippen LogP contribution < -0.4 is 10.5 Å². The van der Waals surface area contributed by atoms with Crippen molar-refractivity contribution in [3.05, 3.63) is 0 Å². The van der Waals surface area contributed by atoms with Crippen molar-refractivity contribution in [1.82, 2.24) is 9.62 Å². The number of nitrogens with zero attached hydrogens (tertiary/aromatic N) is 1. The molecule has 2 unspecified atom stereocenters. The lowest BCUT2D eigenvalue weighted by Crippen LogP contribution is -2.45. The number of rotatable bonds is 6. The third-order valence-electron chi connectivity index (χ3n) is 1.87. The fraction of sp³-hybridized carbons (Fsp3) is 1.00. The van der Waals surface area contributed by atoms with Crippen LogP contribution in [-0.2, 0) is 10.0 Å². The van der Waals surface area contributed by atoms with E-state index >= 15 is 0 Å². The molecular weight excluding hydrogens is 202 g/mol. The summed E-state index contributed by atoms with van der Waals surface area (Å²) in [6.45, 7) is 4.26. The van der Waals surface area contributed by atoms with E-state index in [1.54, 1.807) is 6.92 Å². The van der Waals surface area contributed by atoms with Gasteiger partial charge in [0.1, 0.15) is 0 Å². The van der Waals surface area contributed by atoms with Gasteiger partial charge in [0.2, 0.25) is 10.0 Å². The minimum atomic E-state index is -3.26. The minimum Gasteiger partial charge on any atom is -0.329 e. The maximum absolute atomic E-state index is 11.5. The van der Waals surface area contributed by atoms with Crippen molar-refractivity contribution >= 4 is 10.0 Å². The summed E-state index contributed by atoms with van der Waals surface area (Å²) in [4.78, 5) is 1.93. The molecule has 0 aliphatic carbocycles. The molecule has 0 saturated carbocycles. The second-order valence-corrected chi connectivity index (χ2v) is 6.00. The molecule has 0 heterocycles. The zero-order chi connectivity index (χ0) is 11.4. The van der Waals surface area contributed by atoms with Crippen LogP contribution in [0.3, 0.4) is 0 Å². The molecule has 0 amide bonds. The Morgan fingerprint density at radius 2 is 1.86 bits per heavy atom. The predicted octanol–water partition coefficient (Wildman–Crippen LogP) is -0.797. The predicted molar refractivity (Wildman–Crippen MR) is 58.6 cm³/mol. The van der Waals surface area contributed by atoms with E-state index in [4.69, 9.17) is 5.73 Å². The van der Waals surface area contributed by atoms with Crippen LogP contribution >= 0.6 is 0 Å². The highest BCUT2D eigenvalue weighted by Crippen LogP contribution is 1.98. The van der Waals surface area contributed by atoms with Crippen molar-refractivity contribution in [3.63, 3.8) is 0 Å². The van der Waals surface area contributed by atoms with Crippen molar-refractivity contribution in [3.8, 4) is 0 Å². The van der Waals surface area contributed by atoms with Gasteiger partial charge in [0.05, 0.1) is 5.25 Å². The molecule has 0 spiro atoms. The molecule has 0 radical (unpaired) electrons. The summed E-state index contributed by atoms with van der Waals surface area (Å²) in [5, 5.41) is -0.535. The van der Waals surface area contributed by atoms with Crippen LogP contribution in [0.25, 0.3) is 0 Å². The van der Waals surface area contributed by atoms with Gasteiger partial charge < -0.3 is 10.6 Å². The van der Waals surface area contributed by atoms with Gasteiger partial charge in [0.25, 0.3) is 0 Å². The van der Waals surface area contributed by atoms with Crippen molar-refractivity contribution in [2.75, 3.05) is 27.2 Å². The van der Waals surface area contributed by atoms with Gasteiger partial charge >= 0.3 is 0 Å². The van der Waals surface area contributed by atoms with Gasteiger partial charge in [-0.15, -0.1) is 0 Å². The third kappa shape index (κ3) is 4.90. The molecule has 0 bridgehead atoms. The average molecular weight is 223 g/mol. The highest BCUT2D eigenvalue weighted by atomic mass is 32.2. The molecule has 0 saturated heterocycles. The smallest absolute Gasteiger partial charge is 0.215 e. The number of nitrogens with two attached hydrogens (primary N) is 1. The Kier molecular flexibility index (Phi) is 5.58. The second kappa shape index (κ2) is 5.65. The minimum absolute atomic E-state index is 0.0935. The standard InChI is InChI=1S/C8H21N3O2S/c1-7(6-11(3)4)10-14(12,13)8(2)5-9/h7-8,10H,5-6,9H2,1-4H3. The molecule has 5 nitrogen and oxygen atoms in total. The summed E-state index contributed by atoms with van der Waals surface area (Å²) >= 11 is 0. The summed E-state index contributed by atoms with van der Waals surface area (Å²) in [7, 11) is 0.543. The molecule has 2 atom stereocenters. The highest BCUT2D eigenvalue weighted by molar-refractivity contribution is 7.90. The maximum Gasteiger partial charge on any atom is 0.215 e. The van der Waals surface area contributed by atoms with Crippen LogP contribution in [0.4, 0.5) is 0 Å². The van der Waals surface area contributed by atoms with E-state index in [0.717, 1.165) is 0 Å². The number of likely N-dealkylation sites (N-methyl/N-ethyl adjacent to an activating group) is 1. The number of sulfonamides is 1. The third-order valence-corrected chi connectivity index (χ3v) is 3.85. The molecular formula is C8H21N3O2S. The van der Waals surface area contributed by atoms with Gasteiger partial charge in [-0.3, -0.25) is 0 Å². The first-order valence-corrected chi connectivity index (χ1v) is 6.20. The molecule has 6 heteroatoms. The lowest BCUT2D eigenvalue weighted by molar-refractivity contribution is 0.369. The maximum atomic E-state index is 11.5. The second-order valence-electron chi connectivity index (χ2n) is 3.87. The number of nitrogens with one attached hydrogen (secondary N) is 1. The van der Waals surface area contributed by atoms with Crippen LogP contribution in [0.2, 0.25) is 0 Å². The van der Waals surface area contributed by atoms with Crippen LogP contribution in [0, 0.1) is 0 Å². The Bertz CT molecular complexity index is 251. The quantitative estimate of drug-likeness (QED) is 0.618. The number of hydrogen-bond acceptors (Lipinski definition) is 4. The van der Waals surface area contributed by atoms with Crippen molar-refractivity contribution in [1.29, 1.82) is 0 Å². The molecule has 0 aromatic rings. The summed E-state index contributed by atoms with van der Waals surface area (Å²) in [5.74, 6) is 0. The molecule has 0 aliphatic rings. The van der Waals surface area contributed by atoms with E-state index < -0.39 is 15.3 Å². The van der Waals surface area contributed by atoms with Crippen LogP contribution in [0.15, 0.2) is 0 Å².